The van der Waals surface area contributed by atoms with Crippen molar-refractivity contribution < 1.29 is 14.4 Å². The van der Waals surface area contributed by atoms with Crippen LogP contribution in [0.3, 0.4) is 0 Å². The predicted molar refractivity (Wildman–Crippen MR) is 55.6 cm³/mol. The highest BCUT2D eigenvalue weighted by atomic mass is 16.2. The van der Waals surface area contributed by atoms with E-state index in [0.717, 1.165) is 4.90 Å². The van der Waals surface area contributed by atoms with Crippen molar-refractivity contribution in [2.45, 2.75) is 6.92 Å². The van der Waals surface area contributed by atoms with Gasteiger partial charge >= 0.3 is 6.03 Å². The molecular weight excluding hydrogens is 210 g/mol. The van der Waals surface area contributed by atoms with Crippen LogP contribution in [0.5, 0.6) is 0 Å². The largest absolute Gasteiger partial charge is 0.331 e. The van der Waals surface area contributed by atoms with Gasteiger partial charge in [-0.25, -0.2) is 9.79 Å². The van der Waals surface area contributed by atoms with Gasteiger partial charge in [-0.1, -0.05) is 0 Å². The zero-order valence-electron chi connectivity index (χ0n) is 9.22. The molecule has 0 N–H and O–H groups in total. The number of aliphatic imine (C=N–C) groups is 1. The molecule has 0 spiro atoms. The van der Waals surface area contributed by atoms with E-state index < -0.39 is 17.9 Å². The van der Waals surface area contributed by atoms with Gasteiger partial charge in [-0.2, -0.15) is 0 Å². The fourth-order valence-corrected chi connectivity index (χ4v) is 1.76. The lowest BCUT2D eigenvalue weighted by molar-refractivity contribution is -0.135. The van der Waals surface area contributed by atoms with Gasteiger partial charge in [0.05, 0.1) is 0 Å². The second-order valence-corrected chi connectivity index (χ2v) is 3.84. The van der Waals surface area contributed by atoms with Crippen LogP contribution in [-0.4, -0.2) is 47.5 Å². The molecule has 1 saturated heterocycles. The fourth-order valence-electron chi connectivity index (χ4n) is 1.76. The highest BCUT2D eigenvalue weighted by molar-refractivity contribution is 6.31. The zero-order valence-corrected chi connectivity index (χ0v) is 9.22. The van der Waals surface area contributed by atoms with E-state index >= 15 is 0 Å². The van der Waals surface area contributed by atoms with Crippen LogP contribution in [0.4, 0.5) is 4.79 Å². The summed E-state index contributed by atoms with van der Waals surface area (Å²) < 4.78 is 0. The molecule has 1 fully saturated rings. The number of nitrogens with zero attached hydrogens (tertiary/aromatic N) is 3. The molecule has 6 heteroatoms. The number of carbonyl (C=O) groups is 3. The molecule has 0 aromatic heterocycles. The number of ketones is 1. The smallest absolute Gasteiger partial charge is 0.293 e. The van der Waals surface area contributed by atoms with Gasteiger partial charge < -0.3 is 0 Å². The Morgan fingerprint density at radius 3 is 2.44 bits per heavy atom. The van der Waals surface area contributed by atoms with Crippen LogP contribution in [0.1, 0.15) is 6.92 Å². The van der Waals surface area contributed by atoms with E-state index in [1.54, 1.807) is 6.92 Å². The molecule has 84 valence electrons. The van der Waals surface area contributed by atoms with E-state index in [1.165, 1.54) is 25.2 Å². The van der Waals surface area contributed by atoms with Crippen LogP contribution in [-0.2, 0) is 9.59 Å². The highest BCUT2D eigenvalue weighted by Gasteiger charge is 2.46. The Morgan fingerprint density at radius 1 is 1.19 bits per heavy atom. The number of amides is 3. The van der Waals surface area contributed by atoms with Crippen molar-refractivity contribution >= 4 is 23.6 Å². The molecule has 0 radical (unpaired) electrons. The maximum absolute atomic E-state index is 11.8. The SMILES string of the molecule is CC1=CN=C2C(C1=O)C(=O)N(C)C(=O)N2C. The van der Waals surface area contributed by atoms with Gasteiger partial charge in [0.15, 0.2) is 11.7 Å². The van der Waals surface area contributed by atoms with Crippen molar-refractivity contribution in [2.75, 3.05) is 14.1 Å². The highest BCUT2D eigenvalue weighted by Crippen LogP contribution is 2.23. The number of allylic oxidation sites excluding steroid dienone is 1. The average Bonchev–Trinajstić information content (AvgIpc) is 2.27. The third-order valence-corrected chi connectivity index (χ3v) is 2.79. The summed E-state index contributed by atoms with van der Waals surface area (Å²) in [7, 11) is 2.86. The molecule has 0 aromatic carbocycles. The maximum atomic E-state index is 11.8. The first kappa shape index (κ1) is 10.5. The second-order valence-electron chi connectivity index (χ2n) is 3.84. The minimum Gasteiger partial charge on any atom is -0.293 e. The number of imide groups is 1. The molecule has 0 aliphatic carbocycles. The summed E-state index contributed by atoms with van der Waals surface area (Å²) in [6, 6.07) is -0.472. The molecule has 2 aliphatic heterocycles. The number of urea groups is 1. The number of Topliss-reactive ketones (excluding diaryl/α,β-unsaturated/α-hetero) is 1. The topological polar surface area (TPSA) is 70.0 Å². The molecular formula is C10H11N3O3. The third-order valence-electron chi connectivity index (χ3n) is 2.79. The van der Waals surface area contributed by atoms with Crippen LogP contribution >= 0.6 is 0 Å². The molecule has 0 aromatic rings. The average molecular weight is 221 g/mol. The van der Waals surface area contributed by atoms with Gasteiger partial charge in [0.1, 0.15) is 5.84 Å². The molecule has 1 unspecified atom stereocenters. The number of fused-ring (bicyclic) bond motifs is 1. The molecule has 1 atom stereocenters. The molecule has 0 bridgehead atoms. The monoisotopic (exact) mass is 221 g/mol. The first-order valence-electron chi connectivity index (χ1n) is 4.79. The number of carbonyl (C=O) groups excluding carboxylic acids is 3. The molecule has 2 rings (SSSR count). The summed E-state index contributed by atoms with van der Waals surface area (Å²) in [6.45, 7) is 1.60. The number of hydrogen-bond acceptors (Lipinski definition) is 4. The fraction of sp³-hybridized carbons (Fsp3) is 0.400. The maximum Gasteiger partial charge on any atom is 0.331 e. The minimum absolute atomic E-state index is 0.212. The Kier molecular flexibility index (Phi) is 2.15. The van der Waals surface area contributed by atoms with E-state index in [4.69, 9.17) is 0 Å². The molecule has 6 nitrogen and oxygen atoms in total. The van der Waals surface area contributed by atoms with Crippen LogP contribution in [0.15, 0.2) is 16.8 Å². The lowest BCUT2D eigenvalue weighted by Gasteiger charge is -2.36. The van der Waals surface area contributed by atoms with Gasteiger partial charge in [0, 0.05) is 25.9 Å². The number of rotatable bonds is 0. The molecule has 3 amide bonds. The van der Waals surface area contributed by atoms with E-state index in [9.17, 15) is 14.4 Å². The van der Waals surface area contributed by atoms with Gasteiger partial charge in [-0.15, -0.1) is 0 Å². The van der Waals surface area contributed by atoms with Gasteiger partial charge in [-0.3, -0.25) is 19.4 Å². The summed E-state index contributed by atoms with van der Waals surface area (Å²) in [5, 5.41) is 0. The third kappa shape index (κ3) is 1.19. The van der Waals surface area contributed by atoms with E-state index in [-0.39, 0.29) is 11.6 Å². The van der Waals surface area contributed by atoms with E-state index in [2.05, 4.69) is 4.99 Å². The van der Waals surface area contributed by atoms with E-state index in [0.29, 0.717) is 5.57 Å². The lowest BCUT2D eigenvalue weighted by Crippen LogP contribution is -2.59. The van der Waals surface area contributed by atoms with Gasteiger partial charge in [0.25, 0.3) is 0 Å². The predicted octanol–water partition coefficient (Wildman–Crippen LogP) is 0.0114. The Labute approximate surface area is 92.2 Å². The summed E-state index contributed by atoms with van der Waals surface area (Å²) in [5.74, 6) is -1.55. The lowest BCUT2D eigenvalue weighted by atomic mass is 9.92. The normalized spacial score (nSPS) is 25.4. The summed E-state index contributed by atoms with van der Waals surface area (Å²) >= 11 is 0. The molecule has 16 heavy (non-hydrogen) atoms. The van der Waals surface area contributed by atoms with Crippen molar-refractivity contribution in [1.29, 1.82) is 0 Å². The van der Waals surface area contributed by atoms with Crippen LogP contribution < -0.4 is 0 Å². The van der Waals surface area contributed by atoms with Crippen molar-refractivity contribution in [3.63, 3.8) is 0 Å². The Bertz CT molecular complexity index is 464. The van der Waals surface area contributed by atoms with Crippen LogP contribution in [0.25, 0.3) is 0 Å². The minimum atomic E-state index is -0.960. The van der Waals surface area contributed by atoms with Crippen molar-refractivity contribution in [2.24, 2.45) is 10.9 Å². The standard InChI is InChI=1S/C10H11N3O3/c1-5-4-11-8-6(7(5)14)9(15)13(3)10(16)12(8)2/h4,6H,1-3H3. The summed E-state index contributed by atoms with van der Waals surface area (Å²) in [4.78, 5) is 41.4. The number of hydrogen-bond donors (Lipinski definition) is 0. The summed E-state index contributed by atoms with van der Waals surface area (Å²) in [5.41, 5.74) is 0.429. The van der Waals surface area contributed by atoms with Crippen molar-refractivity contribution in [3.8, 4) is 0 Å². The second kappa shape index (κ2) is 3.26. The quantitative estimate of drug-likeness (QED) is 0.541. The molecule has 0 saturated carbocycles. The van der Waals surface area contributed by atoms with Crippen LogP contribution in [0.2, 0.25) is 0 Å². The Morgan fingerprint density at radius 2 is 1.81 bits per heavy atom. The number of amidine groups is 1. The molecule has 2 aliphatic rings. The first-order chi connectivity index (χ1) is 7.45. The molecule has 2 heterocycles. The van der Waals surface area contributed by atoms with Crippen molar-refractivity contribution in [3.05, 3.63) is 11.8 Å². The first-order valence-corrected chi connectivity index (χ1v) is 4.79. The zero-order chi connectivity index (χ0) is 12.0. The summed E-state index contributed by atoms with van der Waals surface area (Å²) in [6.07, 6.45) is 1.39. The van der Waals surface area contributed by atoms with E-state index in [1.807, 2.05) is 0 Å². The van der Waals surface area contributed by atoms with Crippen molar-refractivity contribution in [1.82, 2.24) is 9.80 Å². The van der Waals surface area contributed by atoms with Gasteiger partial charge in [0.2, 0.25) is 5.91 Å². The van der Waals surface area contributed by atoms with Crippen LogP contribution in [0, 0.1) is 5.92 Å². The Hall–Kier alpha value is -1.98. The van der Waals surface area contributed by atoms with Gasteiger partial charge in [-0.05, 0) is 6.92 Å². The Balaban J connectivity index is 2.53.